The molecule has 0 spiro atoms. The molecule has 0 aromatic heterocycles. The van der Waals surface area contributed by atoms with E-state index in [0.29, 0.717) is 19.0 Å². The van der Waals surface area contributed by atoms with Crippen molar-refractivity contribution in [3.8, 4) is 5.75 Å². The van der Waals surface area contributed by atoms with E-state index in [1.807, 2.05) is 25.1 Å². The average Bonchev–Trinajstić information content (AvgIpc) is 2.28. The first-order valence-corrected chi connectivity index (χ1v) is 5.46. The number of rotatable bonds is 6. The zero-order chi connectivity index (χ0) is 11.1. The van der Waals surface area contributed by atoms with Crippen LogP contribution in [0.4, 0.5) is 10.1 Å². The number of alkyl halides is 2. The molecule has 0 saturated heterocycles. The molecule has 0 saturated carbocycles. The first-order valence-electron chi connectivity index (χ1n) is 4.93. The molecule has 2 nitrogen and oxygen atoms in total. The summed E-state index contributed by atoms with van der Waals surface area (Å²) in [6, 6.07) is 5.59. The van der Waals surface area contributed by atoms with Gasteiger partial charge >= 0.3 is 0 Å². The van der Waals surface area contributed by atoms with Gasteiger partial charge in [0.05, 0.1) is 12.5 Å². The van der Waals surface area contributed by atoms with Crippen molar-refractivity contribution in [3.63, 3.8) is 0 Å². The highest BCUT2D eigenvalue weighted by Gasteiger charge is 2.03. The van der Waals surface area contributed by atoms with Crippen LogP contribution >= 0.6 is 11.6 Å². The summed E-state index contributed by atoms with van der Waals surface area (Å²) < 4.78 is 17.3. The number of hydrogen-bond acceptors (Lipinski definition) is 2. The predicted molar refractivity (Wildman–Crippen MR) is 61.6 cm³/mol. The summed E-state index contributed by atoms with van der Waals surface area (Å²) in [4.78, 5) is 0. The Balaban J connectivity index is 2.77. The fourth-order valence-corrected chi connectivity index (χ4v) is 1.49. The lowest BCUT2D eigenvalue weighted by molar-refractivity contribution is 0.337. The lowest BCUT2D eigenvalue weighted by Crippen LogP contribution is -2.04. The summed E-state index contributed by atoms with van der Waals surface area (Å²) in [5.41, 5.74) is 1.79. The van der Waals surface area contributed by atoms with Crippen molar-refractivity contribution < 1.29 is 9.13 Å². The van der Waals surface area contributed by atoms with E-state index in [1.54, 1.807) is 0 Å². The van der Waals surface area contributed by atoms with E-state index in [0.717, 1.165) is 17.0 Å². The number of ether oxygens (including phenoxy) is 1. The molecule has 84 valence electrons. The highest BCUT2D eigenvalue weighted by Crippen LogP contribution is 2.24. The van der Waals surface area contributed by atoms with Gasteiger partial charge in [0.15, 0.2) is 0 Å². The first kappa shape index (κ1) is 12.1. The monoisotopic (exact) mass is 231 g/mol. The fraction of sp³-hybridized carbons (Fsp3) is 0.455. The standard InChI is InChI=1S/C11H15ClFNO/c1-2-15-11-4-3-10(14-6-5-13)7-9(11)8-12/h3-4,7,14H,2,5-6,8H2,1H3. The summed E-state index contributed by atoms with van der Waals surface area (Å²) in [6.07, 6.45) is 0. The second-order valence-electron chi connectivity index (χ2n) is 3.00. The Morgan fingerprint density at radius 3 is 2.87 bits per heavy atom. The van der Waals surface area contributed by atoms with Crippen LogP contribution in [0.5, 0.6) is 5.75 Å². The molecule has 0 radical (unpaired) electrons. The lowest BCUT2D eigenvalue weighted by Gasteiger charge is -2.10. The van der Waals surface area contributed by atoms with Gasteiger partial charge < -0.3 is 10.1 Å². The Bertz CT molecular complexity index is 307. The average molecular weight is 232 g/mol. The molecular formula is C11H15ClFNO. The molecule has 0 aliphatic heterocycles. The van der Waals surface area contributed by atoms with Gasteiger partial charge in [-0.1, -0.05) is 0 Å². The third kappa shape index (κ3) is 3.59. The normalized spacial score (nSPS) is 10.1. The van der Waals surface area contributed by atoms with Crippen molar-refractivity contribution in [1.82, 2.24) is 0 Å². The van der Waals surface area contributed by atoms with Crippen LogP contribution in [-0.4, -0.2) is 19.8 Å². The molecule has 0 atom stereocenters. The van der Waals surface area contributed by atoms with E-state index in [1.165, 1.54) is 0 Å². The topological polar surface area (TPSA) is 21.3 Å². The van der Waals surface area contributed by atoms with Crippen LogP contribution in [0, 0.1) is 0 Å². The summed E-state index contributed by atoms with van der Waals surface area (Å²) in [5.74, 6) is 1.18. The van der Waals surface area contributed by atoms with Crippen LogP contribution in [0.15, 0.2) is 18.2 Å². The predicted octanol–water partition coefficient (Wildman–Crippen LogP) is 3.21. The molecule has 0 heterocycles. The molecule has 1 rings (SSSR count). The van der Waals surface area contributed by atoms with Gasteiger partial charge in [-0.05, 0) is 25.1 Å². The van der Waals surface area contributed by atoms with Crippen molar-refractivity contribution in [1.29, 1.82) is 0 Å². The Kier molecular flexibility index (Phi) is 5.26. The molecule has 0 amide bonds. The Morgan fingerprint density at radius 2 is 2.27 bits per heavy atom. The minimum atomic E-state index is -0.385. The van der Waals surface area contributed by atoms with E-state index in [-0.39, 0.29) is 6.67 Å². The SMILES string of the molecule is CCOc1ccc(NCCF)cc1CCl. The molecule has 1 N–H and O–H groups in total. The third-order valence-electron chi connectivity index (χ3n) is 1.93. The largest absolute Gasteiger partial charge is 0.494 e. The Morgan fingerprint density at radius 1 is 1.47 bits per heavy atom. The second kappa shape index (κ2) is 6.51. The van der Waals surface area contributed by atoms with Gasteiger partial charge in [0, 0.05) is 17.8 Å². The Labute approximate surface area is 94.4 Å². The van der Waals surface area contributed by atoms with Gasteiger partial charge in [0.1, 0.15) is 12.4 Å². The van der Waals surface area contributed by atoms with Gasteiger partial charge in [0.2, 0.25) is 0 Å². The van der Waals surface area contributed by atoms with Crippen molar-refractivity contribution in [2.24, 2.45) is 0 Å². The van der Waals surface area contributed by atoms with Crippen molar-refractivity contribution in [2.45, 2.75) is 12.8 Å². The van der Waals surface area contributed by atoms with Crippen LogP contribution in [0.25, 0.3) is 0 Å². The maximum absolute atomic E-state index is 11.9. The van der Waals surface area contributed by atoms with E-state index >= 15 is 0 Å². The molecule has 0 aliphatic carbocycles. The van der Waals surface area contributed by atoms with Gasteiger partial charge in [-0.3, -0.25) is 0 Å². The van der Waals surface area contributed by atoms with Gasteiger partial charge in [0.25, 0.3) is 0 Å². The van der Waals surface area contributed by atoms with Crippen LogP contribution < -0.4 is 10.1 Å². The minimum Gasteiger partial charge on any atom is -0.494 e. The molecule has 4 heteroatoms. The zero-order valence-electron chi connectivity index (χ0n) is 8.72. The van der Waals surface area contributed by atoms with E-state index in [9.17, 15) is 4.39 Å². The van der Waals surface area contributed by atoms with Crippen molar-refractivity contribution >= 4 is 17.3 Å². The molecule has 0 bridgehead atoms. The minimum absolute atomic E-state index is 0.315. The molecule has 0 unspecified atom stereocenters. The van der Waals surface area contributed by atoms with Crippen molar-refractivity contribution in [2.75, 3.05) is 25.1 Å². The second-order valence-corrected chi connectivity index (χ2v) is 3.27. The maximum atomic E-state index is 11.9. The van der Waals surface area contributed by atoms with Crippen LogP contribution in [0.1, 0.15) is 12.5 Å². The molecule has 0 fully saturated rings. The maximum Gasteiger partial charge on any atom is 0.123 e. The van der Waals surface area contributed by atoms with Gasteiger partial charge in [-0.25, -0.2) is 4.39 Å². The third-order valence-corrected chi connectivity index (χ3v) is 2.22. The van der Waals surface area contributed by atoms with Gasteiger partial charge in [-0.2, -0.15) is 0 Å². The number of halogens is 2. The molecule has 15 heavy (non-hydrogen) atoms. The van der Waals surface area contributed by atoms with Crippen LogP contribution in [0.3, 0.4) is 0 Å². The van der Waals surface area contributed by atoms with E-state index in [2.05, 4.69) is 5.32 Å². The number of hydrogen-bond donors (Lipinski definition) is 1. The van der Waals surface area contributed by atoms with Crippen LogP contribution in [0.2, 0.25) is 0 Å². The molecular weight excluding hydrogens is 217 g/mol. The summed E-state index contributed by atoms with van der Waals surface area (Å²) in [7, 11) is 0. The smallest absolute Gasteiger partial charge is 0.123 e. The van der Waals surface area contributed by atoms with Crippen LogP contribution in [-0.2, 0) is 5.88 Å². The van der Waals surface area contributed by atoms with Crippen molar-refractivity contribution in [3.05, 3.63) is 23.8 Å². The first-order chi connectivity index (χ1) is 7.31. The highest BCUT2D eigenvalue weighted by atomic mass is 35.5. The van der Waals surface area contributed by atoms with E-state index < -0.39 is 0 Å². The number of anilines is 1. The zero-order valence-corrected chi connectivity index (χ0v) is 9.48. The summed E-state index contributed by atoms with van der Waals surface area (Å²) >= 11 is 5.79. The number of nitrogens with one attached hydrogen (secondary N) is 1. The molecule has 1 aromatic carbocycles. The Hall–Kier alpha value is -0.960. The molecule has 0 aliphatic rings. The quantitative estimate of drug-likeness (QED) is 0.760. The van der Waals surface area contributed by atoms with E-state index in [4.69, 9.17) is 16.3 Å². The van der Waals surface area contributed by atoms with Gasteiger partial charge in [-0.15, -0.1) is 11.6 Å². The number of benzene rings is 1. The molecule has 1 aromatic rings. The highest BCUT2D eigenvalue weighted by molar-refractivity contribution is 6.17. The fourth-order valence-electron chi connectivity index (χ4n) is 1.28. The summed E-state index contributed by atoms with van der Waals surface area (Å²) in [6.45, 7) is 2.47. The lowest BCUT2D eigenvalue weighted by atomic mass is 10.2. The summed E-state index contributed by atoms with van der Waals surface area (Å²) in [5, 5.41) is 2.95.